The average molecular weight is 757 g/mol. The van der Waals surface area contributed by atoms with Gasteiger partial charge in [0, 0.05) is 92.8 Å². The van der Waals surface area contributed by atoms with Crippen LogP contribution in [0, 0.1) is 0 Å². The molecule has 3 rings (SSSR count). The Kier molecular flexibility index (Phi) is 29.9. The number of carbonyl (C=O) groups is 2. The number of carbonyl (C=O) groups excluding carboxylic acids is 2. The maximum atomic E-state index is 11.1. The molecule has 0 aromatic heterocycles. The maximum absolute atomic E-state index is 11.1. The molecule has 9 N–H and O–H groups in total. The number of nitrogens with two attached hydrogens (primary N) is 3. The molecular formula is C40H68N8O6. The van der Waals surface area contributed by atoms with Gasteiger partial charge in [0.1, 0.15) is 6.79 Å². The Hall–Kier alpha value is -4.12. The fourth-order valence-corrected chi connectivity index (χ4v) is 5.50. The summed E-state index contributed by atoms with van der Waals surface area (Å²) >= 11 is 0. The normalized spacial score (nSPS) is 10.6. The summed E-state index contributed by atoms with van der Waals surface area (Å²) in [7, 11) is 4.49. The third-order valence-electron chi connectivity index (χ3n) is 7.87. The fourth-order valence-electron chi connectivity index (χ4n) is 5.50. The van der Waals surface area contributed by atoms with Gasteiger partial charge in [-0.25, -0.2) is 9.59 Å². The number of rotatable bonds is 22. The SMILES string of the molecule is C.CCOC(=O)NCCN(CCN)CCNC(=O)OC.COCOC.NCCN(CCN)CCNC(c1ccccc1)(c1ccccc1)c1ccccc1. The van der Waals surface area contributed by atoms with E-state index in [4.69, 9.17) is 21.9 Å². The summed E-state index contributed by atoms with van der Waals surface area (Å²) in [6.07, 6.45) is -0.889. The first-order valence-corrected chi connectivity index (χ1v) is 18.0. The number of ether oxygens (including phenoxy) is 4. The van der Waals surface area contributed by atoms with Crippen LogP contribution in [0.2, 0.25) is 0 Å². The summed E-state index contributed by atoms with van der Waals surface area (Å²) in [5.41, 5.74) is 20.3. The van der Waals surface area contributed by atoms with E-state index in [-0.39, 0.29) is 7.43 Å². The summed E-state index contributed by atoms with van der Waals surface area (Å²) < 4.78 is 18.1. The second-order valence-corrected chi connectivity index (χ2v) is 11.6. The van der Waals surface area contributed by atoms with E-state index in [0.717, 1.165) is 26.2 Å². The largest absolute Gasteiger partial charge is 0.453 e. The number of benzene rings is 3. The van der Waals surface area contributed by atoms with Crippen LogP contribution in [0.3, 0.4) is 0 Å². The van der Waals surface area contributed by atoms with Crippen LogP contribution in [0.4, 0.5) is 9.59 Å². The Morgan fingerprint density at radius 1 is 0.593 bits per heavy atom. The zero-order valence-electron chi connectivity index (χ0n) is 32.1. The van der Waals surface area contributed by atoms with Crippen LogP contribution in [0.1, 0.15) is 31.0 Å². The molecule has 0 heterocycles. The first-order chi connectivity index (χ1) is 25.9. The van der Waals surface area contributed by atoms with E-state index in [1.807, 2.05) is 4.90 Å². The summed E-state index contributed by atoms with van der Waals surface area (Å²) in [4.78, 5) is 26.3. The summed E-state index contributed by atoms with van der Waals surface area (Å²) in [5, 5.41) is 9.12. The van der Waals surface area contributed by atoms with Gasteiger partial charge in [-0.3, -0.25) is 15.1 Å². The monoisotopic (exact) mass is 757 g/mol. The summed E-state index contributed by atoms with van der Waals surface area (Å²) in [6.45, 7) is 10.6. The van der Waals surface area contributed by atoms with Crippen LogP contribution < -0.4 is 33.2 Å². The molecule has 0 unspecified atom stereocenters. The topological polar surface area (TPSA) is 192 Å². The molecule has 0 aliphatic rings. The van der Waals surface area contributed by atoms with Crippen LogP contribution in [-0.4, -0.2) is 135 Å². The van der Waals surface area contributed by atoms with Crippen molar-refractivity contribution in [3.8, 4) is 0 Å². The third kappa shape index (κ3) is 19.8. The van der Waals surface area contributed by atoms with Crippen molar-refractivity contribution < 1.29 is 28.5 Å². The van der Waals surface area contributed by atoms with Gasteiger partial charge in [0.05, 0.1) is 19.3 Å². The molecule has 3 aromatic rings. The molecule has 0 fully saturated rings. The smallest absolute Gasteiger partial charge is 0.407 e. The van der Waals surface area contributed by atoms with Gasteiger partial charge in [-0.2, -0.15) is 0 Å². The van der Waals surface area contributed by atoms with E-state index in [0.29, 0.717) is 65.8 Å². The van der Waals surface area contributed by atoms with Crippen LogP contribution in [-0.2, 0) is 24.5 Å². The van der Waals surface area contributed by atoms with Crippen LogP contribution >= 0.6 is 0 Å². The van der Waals surface area contributed by atoms with Crippen molar-refractivity contribution in [2.24, 2.45) is 17.2 Å². The minimum absolute atomic E-state index is 0. The number of amides is 2. The molecule has 3 aromatic carbocycles. The lowest BCUT2D eigenvalue weighted by Gasteiger charge is -2.38. The van der Waals surface area contributed by atoms with Crippen molar-refractivity contribution in [3.05, 3.63) is 108 Å². The van der Waals surface area contributed by atoms with Gasteiger partial charge >= 0.3 is 12.2 Å². The first-order valence-electron chi connectivity index (χ1n) is 18.0. The molecule has 0 saturated heterocycles. The number of hydrogen-bond acceptors (Lipinski definition) is 12. The molecule has 2 amide bonds. The zero-order chi connectivity index (χ0) is 39.0. The fraction of sp³-hybridized carbons (Fsp3) is 0.500. The van der Waals surface area contributed by atoms with Gasteiger partial charge in [0.25, 0.3) is 0 Å². The van der Waals surface area contributed by atoms with Crippen LogP contribution in [0.5, 0.6) is 0 Å². The van der Waals surface area contributed by atoms with E-state index in [2.05, 4.69) is 126 Å². The molecule has 14 heteroatoms. The Balaban J connectivity index is 0.000000973. The molecule has 54 heavy (non-hydrogen) atoms. The second kappa shape index (κ2) is 32.3. The Morgan fingerprint density at radius 2 is 0.963 bits per heavy atom. The van der Waals surface area contributed by atoms with Crippen LogP contribution in [0.15, 0.2) is 91.0 Å². The van der Waals surface area contributed by atoms with Gasteiger partial charge in [-0.15, -0.1) is 0 Å². The lowest BCUT2D eigenvalue weighted by molar-refractivity contribution is -0.00272. The van der Waals surface area contributed by atoms with Crippen molar-refractivity contribution in [2.75, 3.05) is 113 Å². The number of hydrogen-bond donors (Lipinski definition) is 6. The lowest BCUT2D eigenvalue weighted by atomic mass is 9.77. The lowest BCUT2D eigenvalue weighted by Crippen LogP contribution is -2.48. The Labute approximate surface area is 324 Å². The van der Waals surface area contributed by atoms with Crippen molar-refractivity contribution in [1.82, 2.24) is 25.8 Å². The van der Waals surface area contributed by atoms with Crippen molar-refractivity contribution in [1.29, 1.82) is 0 Å². The van der Waals surface area contributed by atoms with E-state index in [9.17, 15) is 9.59 Å². The summed E-state index contributed by atoms with van der Waals surface area (Å²) in [6, 6.07) is 32.0. The number of nitrogens with one attached hydrogen (secondary N) is 3. The van der Waals surface area contributed by atoms with Gasteiger partial charge < -0.3 is 46.8 Å². The molecule has 304 valence electrons. The highest BCUT2D eigenvalue weighted by atomic mass is 16.6. The van der Waals surface area contributed by atoms with Gasteiger partial charge in [0.15, 0.2) is 0 Å². The van der Waals surface area contributed by atoms with Gasteiger partial charge in [-0.05, 0) is 23.6 Å². The van der Waals surface area contributed by atoms with Crippen molar-refractivity contribution >= 4 is 12.2 Å². The molecule has 0 bridgehead atoms. The highest BCUT2D eigenvalue weighted by Crippen LogP contribution is 2.36. The quantitative estimate of drug-likeness (QED) is 0.0650. The van der Waals surface area contributed by atoms with Gasteiger partial charge in [0.2, 0.25) is 0 Å². The molecule has 14 nitrogen and oxygen atoms in total. The molecule has 0 aliphatic heterocycles. The molecule has 0 radical (unpaired) electrons. The standard InChI is InChI=1S/C25H32N4.C11H24N4O4.C3H8O2.CH4/c26-16-19-29(20-17-27)21-18-28-25(22-10-4-1-5-11-22,23-12-6-2-7-13-23)24-14-8-3-9-15-24;1-3-19-11(17)14-6-9-15(7-4-12)8-5-13-10(16)18-2;1-4-3-5-2;/h1-15,28H,16-21,26-27H2;3-9,12H2,1-2H3,(H,13,16)(H,14,17);3H2,1-2H3;1H4. The zero-order valence-corrected chi connectivity index (χ0v) is 32.1. The highest BCUT2D eigenvalue weighted by Gasteiger charge is 2.35. The molecule has 0 aliphatic carbocycles. The van der Waals surface area contributed by atoms with Gasteiger partial charge in [-0.1, -0.05) is 98.4 Å². The predicted molar refractivity (Wildman–Crippen MR) is 218 cm³/mol. The van der Waals surface area contributed by atoms with Crippen molar-refractivity contribution in [2.45, 2.75) is 19.9 Å². The molecule has 0 saturated carbocycles. The van der Waals surface area contributed by atoms with E-state index >= 15 is 0 Å². The second-order valence-electron chi connectivity index (χ2n) is 11.6. The average Bonchev–Trinajstić information content (AvgIpc) is 3.18. The minimum Gasteiger partial charge on any atom is -0.453 e. The Bertz CT molecular complexity index is 1210. The first kappa shape index (κ1) is 49.9. The number of methoxy groups -OCH3 is 3. The highest BCUT2D eigenvalue weighted by molar-refractivity contribution is 5.67. The minimum atomic E-state index is -0.461. The number of nitrogens with zero attached hydrogens (tertiary/aromatic N) is 2. The number of alkyl carbamates (subject to hydrolysis) is 2. The summed E-state index contributed by atoms with van der Waals surface area (Å²) in [5.74, 6) is 0. The maximum Gasteiger partial charge on any atom is 0.407 e. The third-order valence-corrected chi connectivity index (χ3v) is 7.87. The van der Waals surface area contributed by atoms with E-state index in [1.165, 1.54) is 23.8 Å². The molecule has 0 atom stereocenters. The molecule has 0 spiro atoms. The van der Waals surface area contributed by atoms with Crippen molar-refractivity contribution in [3.63, 3.8) is 0 Å². The molecular weight excluding hydrogens is 688 g/mol. The van der Waals surface area contributed by atoms with E-state index < -0.39 is 17.7 Å². The predicted octanol–water partition coefficient (Wildman–Crippen LogP) is 3.01. The van der Waals surface area contributed by atoms with Crippen LogP contribution in [0.25, 0.3) is 0 Å². The Morgan fingerprint density at radius 3 is 1.30 bits per heavy atom. The van der Waals surface area contributed by atoms with E-state index in [1.54, 1.807) is 21.1 Å².